The molecule has 164 valence electrons. The van der Waals surface area contributed by atoms with Crippen molar-refractivity contribution in [1.82, 2.24) is 19.5 Å². The molecule has 4 rings (SSSR count). The van der Waals surface area contributed by atoms with Crippen molar-refractivity contribution in [3.05, 3.63) is 65.9 Å². The van der Waals surface area contributed by atoms with E-state index < -0.39 is 17.6 Å². The number of hydrogen-bond donors (Lipinski definition) is 0. The molecule has 0 radical (unpaired) electrons. The largest absolute Gasteiger partial charge is 0.412 e. The second-order valence-electron chi connectivity index (χ2n) is 8.17. The highest BCUT2D eigenvalue weighted by atomic mass is 19.4. The predicted molar refractivity (Wildman–Crippen MR) is 107 cm³/mol. The van der Waals surface area contributed by atoms with Crippen LogP contribution in [0.3, 0.4) is 0 Å². The Kier molecular flexibility index (Phi) is 5.45. The van der Waals surface area contributed by atoms with Gasteiger partial charge in [0.05, 0.1) is 0 Å². The maximum absolute atomic E-state index is 13.6. The quantitative estimate of drug-likeness (QED) is 0.523. The van der Waals surface area contributed by atoms with Gasteiger partial charge in [0.25, 0.3) is 5.91 Å². The van der Waals surface area contributed by atoms with E-state index in [1.165, 1.54) is 41.0 Å². The molecule has 1 unspecified atom stereocenters. The summed E-state index contributed by atoms with van der Waals surface area (Å²) in [5.41, 5.74) is 0.0784. The number of carbonyl (C=O) groups is 1. The van der Waals surface area contributed by atoms with Gasteiger partial charge >= 0.3 is 6.18 Å². The Morgan fingerprint density at radius 3 is 2.48 bits per heavy atom. The van der Waals surface area contributed by atoms with E-state index in [1.807, 2.05) is 0 Å². The van der Waals surface area contributed by atoms with Crippen LogP contribution in [0.1, 0.15) is 30.4 Å². The van der Waals surface area contributed by atoms with Crippen molar-refractivity contribution in [2.45, 2.75) is 25.9 Å². The van der Waals surface area contributed by atoms with Gasteiger partial charge in [-0.1, -0.05) is 24.8 Å². The zero-order valence-electron chi connectivity index (χ0n) is 16.9. The molecule has 3 atom stereocenters. The Morgan fingerprint density at radius 2 is 1.87 bits per heavy atom. The average molecular weight is 434 g/mol. The Balaban J connectivity index is 1.51. The van der Waals surface area contributed by atoms with Crippen LogP contribution in [-0.4, -0.2) is 44.7 Å². The van der Waals surface area contributed by atoms with Crippen molar-refractivity contribution < 1.29 is 22.4 Å². The van der Waals surface area contributed by atoms with Gasteiger partial charge in [0.2, 0.25) is 5.82 Å². The minimum absolute atomic E-state index is 0.0356. The average Bonchev–Trinajstić information content (AvgIpc) is 3.39. The number of likely N-dealkylation sites (tertiary alicyclic amines) is 1. The van der Waals surface area contributed by atoms with Crippen LogP contribution in [0.4, 0.5) is 17.6 Å². The number of hydrogen-bond acceptors (Lipinski definition) is 3. The SMILES string of the molecule is C=C/C=C\C(=C(/C)C(F)(F)F)C1C[C@@H]2CN(C(=O)c3nnc4ccc(F)cn34)C[C@@H]2C1. The molecule has 0 bridgehead atoms. The maximum atomic E-state index is 13.6. The lowest BCUT2D eigenvalue weighted by atomic mass is 9.91. The van der Waals surface area contributed by atoms with E-state index in [-0.39, 0.29) is 29.5 Å². The molecule has 2 aliphatic rings. The van der Waals surface area contributed by atoms with Crippen LogP contribution < -0.4 is 0 Å². The van der Waals surface area contributed by atoms with Crippen molar-refractivity contribution >= 4 is 11.6 Å². The van der Waals surface area contributed by atoms with E-state index in [9.17, 15) is 22.4 Å². The first-order chi connectivity index (χ1) is 14.7. The third-order valence-corrected chi connectivity index (χ3v) is 6.31. The number of fused-ring (bicyclic) bond motifs is 2. The van der Waals surface area contributed by atoms with Gasteiger partial charge in [-0.05, 0) is 55.2 Å². The van der Waals surface area contributed by atoms with Crippen LogP contribution in [0.2, 0.25) is 0 Å². The highest BCUT2D eigenvalue weighted by Gasteiger charge is 2.45. The Hall–Kier alpha value is -2.97. The third kappa shape index (κ3) is 4.00. The molecule has 2 fully saturated rings. The number of alkyl halides is 3. The summed E-state index contributed by atoms with van der Waals surface area (Å²) in [7, 11) is 0. The molecule has 1 saturated heterocycles. The number of aromatic nitrogens is 3. The topological polar surface area (TPSA) is 50.5 Å². The van der Waals surface area contributed by atoms with Gasteiger partial charge in [0.15, 0.2) is 5.65 Å². The highest BCUT2D eigenvalue weighted by molar-refractivity contribution is 5.91. The Labute approximate surface area is 176 Å². The molecule has 31 heavy (non-hydrogen) atoms. The monoisotopic (exact) mass is 434 g/mol. The van der Waals surface area contributed by atoms with Gasteiger partial charge < -0.3 is 4.90 Å². The lowest BCUT2D eigenvalue weighted by Crippen LogP contribution is -2.31. The van der Waals surface area contributed by atoms with Crippen molar-refractivity contribution in [3.63, 3.8) is 0 Å². The van der Waals surface area contributed by atoms with Gasteiger partial charge in [0, 0.05) is 24.9 Å². The number of rotatable bonds is 4. The molecule has 1 amide bonds. The molecule has 2 aromatic heterocycles. The highest BCUT2D eigenvalue weighted by Crippen LogP contribution is 2.47. The third-order valence-electron chi connectivity index (χ3n) is 6.31. The minimum atomic E-state index is -4.38. The van der Waals surface area contributed by atoms with Gasteiger partial charge in [-0.25, -0.2) is 4.39 Å². The predicted octanol–water partition coefficient (Wildman–Crippen LogP) is 4.59. The first-order valence-electron chi connectivity index (χ1n) is 10.1. The summed E-state index contributed by atoms with van der Waals surface area (Å²) in [5.74, 6) is -0.815. The van der Waals surface area contributed by atoms with E-state index in [0.29, 0.717) is 37.2 Å². The number of nitrogens with zero attached hydrogens (tertiary/aromatic N) is 4. The van der Waals surface area contributed by atoms with Crippen LogP contribution in [0, 0.1) is 23.6 Å². The molecule has 1 aliphatic heterocycles. The normalized spacial score (nSPS) is 24.7. The fraction of sp³-hybridized carbons (Fsp3) is 0.409. The van der Waals surface area contributed by atoms with Crippen LogP contribution in [0.15, 0.2) is 54.3 Å². The van der Waals surface area contributed by atoms with Gasteiger partial charge in [-0.15, -0.1) is 10.2 Å². The van der Waals surface area contributed by atoms with Crippen molar-refractivity contribution in [3.8, 4) is 0 Å². The van der Waals surface area contributed by atoms with Gasteiger partial charge in [-0.2, -0.15) is 13.2 Å². The first kappa shape index (κ1) is 21.3. The molecule has 5 nitrogen and oxygen atoms in total. The molecular weight excluding hydrogens is 412 g/mol. The molecule has 0 aromatic carbocycles. The standard InChI is InChI=1S/C22H22F4N4O/c1-3-4-5-18(13(2)22(24,25)26)14-8-15-10-29(11-16(15)9-14)21(31)20-28-27-19-7-6-17(23)12-30(19)20/h3-7,12,14-16H,1,8-11H2,2H3/b5-4-,18-13-/t14?,15-,16+. The van der Waals surface area contributed by atoms with E-state index >= 15 is 0 Å². The van der Waals surface area contributed by atoms with Crippen molar-refractivity contribution in [2.24, 2.45) is 17.8 Å². The van der Waals surface area contributed by atoms with Crippen LogP contribution >= 0.6 is 0 Å². The molecule has 9 heteroatoms. The van der Waals surface area contributed by atoms with Gasteiger partial charge in [0.1, 0.15) is 5.82 Å². The lowest BCUT2D eigenvalue weighted by Gasteiger charge is -2.21. The fourth-order valence-corrected chi connectivity index (χ4v) is 4.77. The van der Waals surface area contributed by atoms with Crippen molar-refractivity contribution in [2.75, 3.05) is 13.1 Å². The van der Waals surface area contributed by atoms with E-state index in [1.54, 1.807) is 4.90 Å². The number of pyridine rings is 1. The number of halogens is 4. The minimum Gasteiger partial charge on any atom is -0.335 e. The number of amides is 1. The smallest absolute Gasteiger partial charge is 0.335 e. The Morgan fingerprint density at radius 1 is 1.19 bits per heavy atom. The molecule has 1 saturated carbocycles. The fourth-order valence-electron chi connectivity index (χ4n) is 4.77. The van der Waals surface area contributed by atoms with E-state index in [0.717, 1.165) is 6.92 Å². The van der Waals surface area contributed by atoms with E-state index in [2.05, 4.69) is 16.8 Å². The summed E-state index contributed by atoms with van der Waals surface area (Å²) < 4.78 is 54.9. The Bertz CT molecular complexity index is 1070. The second-order valence-corrected chi connectivity index (χ2v) is 8.17. The van der Waals surface area contributed by atoms with E-state index in [4.69, 9.17) is 0 Å². The molecule has 0 N–H and O–H groups in total. The van der Waals surface area contributed by atoms with Crippen molar-refractivity contribution in [1.29, 1.82) is 0 Å². The number of carbonyl (C=O) groups excluding carboxylic acids is 1. The molecule has 3 heterocycles. The number of allylic oxidation sites excluding steroid dienone is 5. The second kappa shape index (κ2) is 7.94. The van der Waals surface area contributed by atoms with Gasteiger partial charge in [-0.3, -0.25) is 9.20 Å². The van der Waals surface area contributed by atoms with Crippen LogP contribution in [0.5, 0.6) is 0 Å². The summed E-state index contributed by atoms with van der Waals surface area (Å²) in [6.07, 6.45) is 2.43. The first-order valence-corrected chi connectivity index (χ1v) is 10.1. The van der Waals surface area contributed by atoms with Crippen LogP contribution in [-0.2, 0) is 0 Å². The molecule has 2 aromatic rings. The summed E-state index contributed by atoms with van der Waals surface area (Å²) in [6.45, 7) is 5.54. The maximum Gasteiger partial charge on any atom is 0.412 e. The summed E-state index contributed by atoms with van der Waals surface area (Å²) >= 11 is 0. The lowest BCUT2D eigenvalue weighted by molar-refractivity contribution is -0.0924. The van der Waals surface area contributed by atoms with Crippen LogP contribution in [0.25, 0.3) is 5.65 Å². The molecular formula is C22H22F4N4O. The molecule has 0 spiro atoms. The summed E-state index contributed by atoms with van der Waals surface area (Å²) in [4.78, 5) is 14.6. The molecule has 1 aliphatic carbocycles. The zero-order valence-corrected chi connectivity index (χ0v) is 16.9. The summed E-state index contributed by atoms with van der Waals surface area (Å²) in [5, 5.41) is 7.81. The summed E-state index contributed by atoms with van der Waals surface area (Å²) in [6, 6.07) is 2.68. The zero-order chi connectivity index (χ0) is 22.3.